The molecule has 1 atom stereocenters. The normalized spacial score (nSPS) is 30.0. The van der Waals surface area contributed by atoms with Crippen molar-refractivity contribution < 1.29 is 8.42 Å². The molecule has 0 amide bonds. The number of hydrogen-bond donors (Lipinski definition) is 0. The molecule has 3 aliphatic rings. The van der Waals surface area contributed by atoms with Gasteiger partial charge in [-0.15, -0.1) is 11.3 Å². The third-order valence-electron chi connectivity index (χ3n) is 5.97. The summed E-state index contributed by atoms with van der Waals surface area (Å²) in [4.78, 5) is 2.62. The zero-order chi connectivity index (χ0) is 16.8. The van der Waals surface area contributed by atoms with Crippen LogP contribution in [0.2, 0.25) is 0 Å². The van der Waals surface area contributed by atoms with E-state index in [1.807, 2.05) is 18.4 Å². The van der Waals surface area contributed by atoms with Crippen molar-refractivity contribution in [2.75, 3.05) is 32.7 Å². The van der Waals surface area contributed by atoms with Gasteiger partial charge in [0, 0.05) is 26.2 Å². The van der Waals surface area contributed by atoms with Gasteiger partial charge in [-0.2, -0.15) is 4.31 Å². The molecule has 24 heavy (non-hydrogen) atoms. The van der Waals surface area contributed by atoms with Crippen molar-refractivity contribution in [3.05, 3.63) is 17.0 Å². The standard InChI is InChI=1S/C18H28N2O2S2/c1-15-6-11-23-17(15)24(21,22)20-10-3-8-18(14-20)7-2-9-19(13-18)12-16-4-5-16/h6,11,16H,2-5,7-10,12-14H2,1H3. The minimum atomic E-state index is -3.32. The number of rotatable bonds is 4. The summed E-state index contributed by atoms with van der Waals surface area (Å²) in [7, 11) is -3.32. The molecule has 4 nitrogen and oxygen atoms in total. The Bertz CT molecular complexity index is 692. The van der Waals surface area contributed by atoms with Gasteiger partial charge in [-0.1, -0.05) is 0 Å². The fourth-order valence-electron chi connectivity index (χ4n) is 4.57. The van der Waals surface area contributed by atoms with Crippen molar-refractivity contribution >= 4 is 21.4 Å². The van der Waals surface area contributed by atoms with Gasteiger partial charge in [-0.05, 0) is 80.3 Å². The lowest BCUT2D eigenvalue weighted by molar-refractivity contribution is 0.0379. The fourth-order valence-corrected chi connectivity index (χ4v) is 7.71. The van der Waals surface area contributed by atoms with E-state index in [1.54, 1.807) is 4.31 Å². The van der Waals surface area contributed by atoms with Crippen LogP contribution >= 0.6 is 11.3 Å². The van der Waals surface area contributed by atoms with E-state index in [9.17, 15) is 8.42 Å². The molecule has 6 heteroatoms. The number of piperidine rings is 2. The van der Waals surface area contributed by atoms with Gasteiger partial charge in [0.25, 0.3) is 10.0 Å². The smallest absolute Gasteiger partial charge is 0.252 e. The lowest BCUT2D eigenvalue weighted by Gasteiger charge is -2.48. The lowest BCUT2D eigenvalue weighted by Crippen LogP contribution is -2.53. The van der Waals surface area contributed by atoms with E-state index in [4.69, 9.17) is 0 Å². The maximum Gasteiger partial charge on any atom is 0.252 e. The van der Waals surface area contributed by atoms with Gasteiger partial charge in [0.15, 0.2) is 0 Å². The molecule has 0 N–H and O–H groups in total. The number of sulfonamides is 1. The molecule has 1 unspecified atom stereocenters. The largest absolute Gasteiger partial charge is 0.302 e. The second-order valence-electron chi connectivity index (χ2n) is 8.12. The molecule has 0 bridgehead atoms. The van der Waals surface area contributed by atoms with Gasteiger partial charge in [0.1, 0.15) is 4.21 Å². The maximum absolute atomic E-state index is 13.1. The van der Waals surface area contributed by atoms with Gasteiger partial charge < -0.3 is 4.90 Å². The van der Waals surface area contributed by atoms with Crippen molar-refractivity contribution in [1.82, 2.24) is 9.21 Å². The molecule has 134 valence electrons. The molecule has 0 aromatic carbocycles. The molecule has 2 aliphatic heterocycles. The predicted octanol–water partition coefficient (Wildman–Crippen LogP) is 3.33. The first kappa shape index (κ1) is 17.0. The van der Waals surface area contributed by atoms with E-state index in [2.05, 4.69) is 4.90 Å². The molecule has 1 saturated carbocycles. The van der Waals surface area contributed by atoms with Crippen LogP contribution in [0.3, 0.4) is 0 Å². The number of likely N-dealkylation sites (tertiary alicyclic amines) is 1. The minimum Gasteiger partial charge on any atom is -0.302 e. The van der Waals surface area contributed by atoms with E-state index >= 15 is 0 Å². The molecule has 1 aromatic heterocycles. The summed E-state index contributed by atoms with van der Waals surface area (Å²) in [6.45, 7) is 6.84. The second kappa shape index (κ2) is 6.38. The van der Waals surface area contributed by atoms with Gasteiger partial charge >= 0.3 is 0 Å². The van der Waals surface area contributed by atoms with Crippen LogP contribution in [0.4, 0.5) is 0 Å². The molecule has 1 spiro atoms. The molecular weight excluding hydrogens is 340 g/mol. The van der Waals surface area contributed by atoms with E-state index in [0.717, 1.165) is 24.4 Å². The van der Waals surface area contributed by atoms with Crippen molar-refractivity contribution in [3.63, 3.8) is 0 Å². The Kier molecular flexibility index (Phi) is 4.52. The SMILES string of the molecule is Cc1ccsc1S(=O)(=O)N1CCCC2(CCCN(CC3CC3)C2)C1. The molecule has 3 fully saturated rings. The van der Waals surface area contributed by atoms with Crippen LogP contribution in [0.25, 0.3) is 0 Å². The van der Waals surface area contributed by atoms with E-state index in [0.29, 0.717) is 17.3 Å². The zero-order valence-corrected chi connectivity index (χ0v) is 16.2. The summed E-state index contributed by atoms with van der Waals surface area (Å²) in [6, 6.07) is 1.91. The molecule has 1 aliphatic carbocycles. The molecule has 4 rings (SSSR count). The average Bonchev–Trinajstić information content (AvgIpc) is 3.24. The number of hydrogen-bond acceptors (Lipinski definition) is 4. The van der Waals surface area contributed by atoms with Crippen LogP contribution in [0.15, 0.2) is 15.7 Å². The van der Waals surface area contributed by atoms with Crippen molar-refractivity contribution in [3.8, 4) is 0 Å². The van der Waals surface area contributed by atoms with Crippen molar-refractivity contribution in [2.24, 2.45) is 11.3 Å². The highest BCUT2D eigenvalue weighted by Gasteiger charge is 2.43. The maximum atomic E-state index is 13.1. The third kappa shape index (κ3) is 3.30. The monoisotopic (exact) mass is 368 g/mol. The Morgan fingerprint density at radius 2 is 1.96 bits per heavy atom. The fraction of sp³-hybridized carbons (Fsp3) is 0.778. The Morgan fingerprint density at radius 1 is 1.21 bits per heavy atom. The van der Waals surface area contributed by atoms with Crippen molar-refractivity contribution in [2.45, 2.75) is 49.7 Å². The van der Waals surface area contributed by atoms with Gasteiger partial charge in [0.05, 0.1) is 0 Å². The quantitative estimate of drug-likeness (QED) is 0.818. The topological polar surface area (TPSA) is 40.6 Å². The third-order valence-corrected chi connectivity index (χ3v) is 9.48. The highest BCUT2D eigenvalue weighted by atomic mass is 32.2. The highest BCUT2D eigenvalue weighted by Crippen LogP contribution is 2.42. The lowest BCUT2D eigenvalue weighted by atomic mass is 9.74. The molecule has 0 radical (unpaired) electrons. The van der Waals surface area contributed by atoms with E-state index < -0.39 is 10.0 Å². The van der Waals surface area contributed by atoms with Crippen LogP contribution in [0, 0.1) is 18.3 Å². The molecule has 2 saturated heterocycles. The second-order valence-corrected chi connectivity index (χ2v) is 11.2. The summed E-state index contributed by atoms with van der Waals surface area (Å²) in [6.07, 6.45) is 7.37. The number of thiophene rings is 1. The first-order valence-corrected chi connectivity index (χ1v) is 11.6. The van der Waals surface area contributed by atoms with Crippen LogP contribution in [0.1, 0.15) is 44.1 Å². The highest BCUT2D eigenvalue weighted by molar-refractivity contribution is 7.91. The molecular formula is C18H28N2O2S2. The van der Waals surface area contributed by atoms with Crippen molar-refractivity contribution in [1.29, 1.82) is 0 Å². The zero-order valence-electron chi connectivity index (χ0n) is 14.5. The van der Waals surface area contributed by atoms with Gasteiger partial charge in [-0.3, -0.25) is 0 Å². The van der Waals surface area contributed by atoms with Crippen LogP contribution in [-0.4, -0.2) is 50.3 Å². The summed E-state index contributed by atoms with van der Waals surface area (Å²) in [5, 5.41) is 1.89. The van der Waals surface area contributed by atoms with Crippen LogP contribution in [-0.2, 0) is 10.0 Å². The summed E-state index contributed by atoms with van der Waals surface area (Å²) in [5.41, 5.74) is 1.07. The Hall–Kier alpha value is -0.430. The Labute approximate surface area is 149 Å². The van der Waals surface area contributed by atoms with Crippen LogP contribution in [0.5, 0.6) is 0 Å². The minimum absolute atomic E-state index is 0.184. The molecule has 3 heterocycles. The summed E-state index contributed by atoms with van der Waals surface area (Å²) in [5.74, 6) is 0.914. The first-order valence-electron chi connectivity index (χ1n) is 9.25. The number of nitrogens with zero attached hydrogens (tertiary/aromatic N) is 2. The average molecular weight is 369 g/mol. The van der Waals surface area contributed by atoms with Crippen LogP contribution < -0.4 is 0 Å². The Balaban J connectivity index is 1.51. The molecule has 1 aromatic rings. The first-order chi connectivity index (χ1) is 11.5. The Morgan fingerprint density at radius 3 is 2.62 bits per heavy atom. The number of aryl methyl sites for hydroxylation is 1. The van der Waals surface area contributed by atoms with E-state index in [1.165, 1.54) is 56.5 Å². The van der Waals surface area contributed by atoms with Gasteiger partial charge in [-0.25, -0.2) is 8.42 Å². The van der Waals surface area contributed by atoms with Gasteiger partial charge in [0.2, 0.25) is 0 Å². The summed E-state index contributed by atoms with van der Waals surface area (Å²) >= 11 is 1.36. The summed E-state index contributed by atoms with van der Waals surface area (Å²) < 4.78 is 28.5. The van der Waals surface area contributed by atoms with E-state index in [-0.39, 0.29) is 5.41 Å². The predicted molar refractivity (Wildman–Crippen MR) is 97.9 cm³/mol.